The molecule has 3 heterocycles. The maximum absolute atomic E-state index is 5.29. The van der Waals surface area contributed by atoms with Crippen molar-refractivity contribution >= 4 is 11.3 Å². The number of aromatic nitrogens is 2. The fourth-order valence-electron chi connectivity index (χ4n) is 1.96. The molecule has 0 spiro atoms. The third-order valence-corrected chi connectivity index (χ3v) is 3.63. The predicted molar refractivity (Wildman–Crippen MR) is 63.8 cm³/mol. The summed E-state index contributed by atoms with van der Waals surface area (Å²) in [5.74, 6) is 1.30. The Labute approximate surface area is 103 Å². The van der Waals surface area contributed by atoms with Crippen molar-refractivity contribution in [2.24, 2.45) is 0 Å². The Balaban J connectivity index is 1.77. The van der Waals surface area contributed by atoms with Gasteiger partial charge in [-0.15, -0.1) is 0 Å². The minimum atomic E-state index is 0.111. The van der Waals surface area contributed by atoms with E-state index >= 15 is 0 Å². The van der Waals surface area contributed by atoms with Gasteiger partial charge in [-0.2, -0.15) is 16.3 Å². The molecule has 6 heteroatoms. The fourth-order valence-corrected chi connectivity index (χ4v) is 2.59. The van der Waals surface area contributed by atoms with Gasteiger partial charge >= 0.3 is 0 Å². The first-order valence-electron chi connectivity index (χ1n) is 5.49. The van der Waals surface area contributed by atoms with Gasteiger partial charge in [0.1, 0.15) is 0 Å². The lowest BCUT2D eigenvalue weighted by molar-refractivity contribution is 0.116. The highest BCUT2D eigenvalue weighted by molar-refractivity contribution is 7.08. The highest BCUT2D eigenvalue weighted by Crippen LogP contribution is 2.26. The maximum Gasteiger partial charge on any atom is 0.244 e. The second-order valence-corrected chi connectivity index (χ2v) is 4.80. The summed E-state index contributed by atoms with van der Waals surface area (Å²) in [6, 6.07) is 2.10. The first-order chi connectivity index (χ1) is 8.36. The molecule has 2 aromatic rings. The number of methoxy groups -OCH3 is 1. The van der Waals surface area contributed by atoms with Crippen LogP contribution in [0.5, 0.6) is 0 Å². The number of hydrogen-bond acceptors (Lipinski definition) is 6. The van der Waals surface area contributed by atoms with Crippen molar-refractivity contribution in [1.82, 2.24) is 15.5 Å². The van der Waals surface area contributed by atoms with E-state index in [9.17, 15) is 0 Å². The number of nitrogens with one attached hydrogen (secondary N) is 1. The van der Waals surface area contributed by atoms with E-state index in [0.29, 0.717) is 11.7 Å². The minimum Gasteiger partial charge on any atom is -0.380 e. The van der Waals surface area contributed by atoms with E-state index in [1.807, 2.05) is 16.8 Å². The van der Waals surface area contributed by atoms with Crippen molar-refractivity contribution in [2.45, 2.75) is 18.6 Å². The van der Waals surface area contributed by atoms with Crippen LogP contribution in [-0.2, 0) is 4.74 Å². The molecular formula is C11H13N3O2S. The summed E-state index contributed by atoms with van der Waals surface area (Å²) in [4.78, 5) is 4.41. The zero-order valence-corrected chi connectivity index (χ0v) is 10.2. The molecule has 0 radical (unpaired) electrons. The lowest BCUT2D eigenvalue weighted by Crippen LogP contribution is -2.16. The van der Waals surface area contributed by atoms with Crippen molar-refractivity contribution in [3.8, 4) is 11.4 Å². The quantitative estimate of drug-likeness (QED) is 0.902. The Bertz CT molecular complexity index is 483. The molecule has 17 heavy (non-hydrogen) atoms. The molecule has 0 bridgehead atoms. The van der Waals surface area contributed by atoms with E-state index in [4.69, 9.17) is 9.26 Å². The SMILES string of the molecule is COC1CNC(c2nc(-c3ccsc3)no2)C1. The lowest BCUT2D eigenvalue weighted by atomic mass is 10.2. The highest BCUT2D eigenvalue weighted by Gasteiger charge is 2.29. The molecular weight excluding hydrogens is 238 g/mol. The Morgan fingerprint density at radius 3 is 3.24 bits per heavy atom. The molecule has 0 aliphatic carbocycles. The van der Waals surface area contributed by atoms with Gasteiger partial charge in [-0.3, -0.25) is 0 Å². The van der Waals surface area contributed by atoms with Crippen LogP contribution in [-0.4, -0.2) is 29.9 Å². The summed E-state index contributed by atoms with van der Waals surface area (Å²) in [6.07, 6.45) is 1.11. The Kier molecular flexibility index (Phi) is 2.92. The third kappa shape index (κ3) is 2.11. The maximum atomic E-state index is 5.29. The average molecular weight is 251 g/mol. The van der Waals surface area contributed by atoms with E-state index in [2.05, 4.69) is 15.5 Å². The van der Waals surface area contributed by atoms with Gasteiger partial charge in [0, 0.05) is 24.6 Å². The van der Waals surface area contributed by atoms with Crippen LogP contribution in [0.4, 0.5) is 0 Å². The van der Waals surface area contributed by atoms with E-state index in [-0.39, 0.29) is 12.1 Å². The Hall–Kier alpha value is -1.24. The number of ether oxygens (including phenoxy) is 1. The van der Waals surface area contributed by atoms with E-state index in [1.54, 1.807) is 18.4 Å². The smallest absolute Gasteiger partial charge is 0.244 e. The fraction of sp³-hybridized carbons (Fsp3) is 0.455. The minimum absolute atomic E-state index is 0.111. The van der Waals surface area contributed by atoms with Gasteiger partial charge in [-0.25, -0.2) is 0 Å². The normalized spacial score (nSPS) is 24.3. The number of hydrogen-bond donors (Lipinski definition) is 1. The summed E-state index contributed by atoms with van der Waals surface area (Å²) >= 11 is 1.62. The van der Waals surface area contributed by atoms with Crippen LogP contribution in [0.3, 0.4) is 0 Å². The van der Waals surface area contributed by atoms with Gasteiger partial charge < -0.3 is 14.6 Å². The van der Waals surface area contributed by atoms with Gasteiger partial charge in [0.25, 0.3) is 0 Å². The average Bonchev–Trinajstić information content (AvgIpc) is 3.09. The van der Waals surface area contributed by atoms with Crippen molar-refractivity contribution in [2.75, 3.05) is 13.7 Å². The predicted octanol–water partition coefficient (Wildman–Crippen LogP) is 1.85. The van der Waals surface area contributed by atoms with Crippen molar-refractivity contribution in [3.05, 3.63) is 22.7 Å². The summed E-state index contributed by atoms with van der Waals surface area (Å²) < 4.78 is 10.6. The summed E-state index contributed by atoms with van der Waals surface area (Å²) in [5.41, 5.74) is 1.01. The molecule has 0 aromatic carbocycles. The van der Waals surface area contributed by atoms with Crippen LogP contribution >= 0.6 is 11.3 Å². The summed E-state index contributed by atoms with van der Waals surface area (Å²) in [5, 5.41) is 11.3. The lowest BCUT2D eigenvalue weighted by Gasteiger charge is -2.04. The molecule has 90 valence electrons. The van der Waals surface area contributed by atoms with Crippen LogP contribution in [0.15, 0.2) is 21.3 Å². The molecule has 1 saturated heterocycles. The molecule has 1 aliphatic rings. The first kappa shape index (κ1) is 10.9. The first-order valence-corrected chi connectivity index (χ1v) is 6.43. The molecule has 0 amide bonds. The molecule has 2 unspecified atom stereocenters. The van der Waals surface area contributed by atoms with Crippen LogP contribution < -0.4 is 5.32 Å². The van der Waals surface area contributed by atoms with E-state index < -0.39 is 0 Å². The molecule has 1 aliphatic heterocycles. The van der Waals surface area contributed by atoms with Crippen LogP contribution in [0.25, 0.3) is 11.4 Å². The van der Waals surface area contributed by atoms with Crippen LogP contribution in [0, 0.1) is 0 Å². The molecule has 1 fully saturated rings. The second-order valence-electron chi connectivity index (χ2n) is 4.02. The number of rotatable bonds is 3. The van der Waals surface area contributed by atoms with E-state index in [1.165, 1.54) is 0 Å². The van der Waals surface area contributed by atoms with Crippen molar-refractivity contribution in [1.29, 1.82) is 0 Å². The molecule has 0 saturated carbocycles. The van der Waals surface area contributed by atoms with Crippen molar-refractivity contribution < 1.29 is 9.26 Å². The van der Waals surface area contributed by atoms with Gasteiger partial charge in [-0.05, 0) is 17.9 Å². The molecule has 3 rings (SSSR count). The third-order valence-electron chi connectivity index (χ3n) is 2.94. The second kappa shape index (κ2) is 4.56. The molecule has 1 N–H and O–H groups in total. The number of thiophene rings is 1. The van der Waals surface area contributed by atoms with Crippen LogP contribution in [0.1, 0.15) is 18.4 Å². The summed E-state index contributed by atoms with van der Waals surface area (Å²) in [7, 11) is 1.72. The molecule has 5 nitrogen and oxygen atoms in total. The topological polar surface area (TPSA) is 60.2 Å². The largest absolute Gasteiger partial charge is 0.380 e. The molecule has 2 atom stereocenters. The zero-order chi connectivity index (χ0) is 11.7. The Morgan fingerprint density at radius 2 is 2.53 bits per heavy atom. The monoisotopic (exact) mass is 251 g/mol. The standard InChI is InChI=1S/C11H13N3O2S/c1-15-8-4-9(12-5-8)11-13-10(14-16-11)7-2-3-17-6-7/h2-3,6,8-9,12H,4-5H2,1H3. The molecule has 2 aromatic heterocycles. The summed E-state index contributed by atoms with van der Waals surface area (Å²) in [6.45, 7) is 0.831. The van der Waals surface area contributed by atoms with Crippen molar-refractivity contribution in [3.63, 3.8) is 0 Å². The van der Waals surface area contributed by atoms with Gasteiger partial charge in [-0.1, -0.05) is 5.16 Å². The van der Waals surface area contributed by atoms with Crippen LogP contribution in [0.2, 0.25) is 0 Å². The Morgan fingerprint density at radius 1 is 1.59 bits per heavy atom. The van der Waals surface area contributed by atoms with E-state index in [0.717, 1.165) is 18.5 Å². The highest BCUT2D eigenvalue weighted by atomic mass is 32.1. The number of nitrogens with zero attached hydrogens (tertiary/aromatic N) is 2. The van der Waals surface area contributed by atoms with Gasteiger partial charge in [0.2, 0.25) is 11.7 Å². The van der Waals surface area contributed by atoms with Gasteiger partial charge in [0.05, 0.1) is 12.1 Å². The van der Waals surface area contributed by atoms with Gasteiger partial charge in [0.15, 0.2) is 0 Å². The zero-order valence-electron chi connectivity index (χ0n) is 9.42.